The summed E-state index contributed by atoms with van der Waals surface area (Å²) in [6.07, 6.45) is 1.73. The Hall–Kier alpha value is -3.53. The zero-order chi connectivity index (χ0) is 27.5. The van der Waals surface area contributed by atoms with Crippen LogP contribution in [0.3, 0.4) is 0 Å². The molecule has 0 unspecified atom stereocenters. The number of thioether (sulfide) groups is 1. The van der Waals surface area contributed by atoms with Gasteiger partial charge in [0.2, 0.25) is 5.91 Å². The summed E-state index contributed by atoms with van der Waals surface area (Å²) in [5.74, 6) is 0.0254. The number of aromatic nitrogens is 1. The molecule has 0 N–H and O–H groups in total. The van der Waals surface area contributed by atoms with Crippen LogP contribution in [0.2, 0.25) is 5.02 Å². The molecular formula is C29H28ClN3O5S. The zero-order valence-electron chi connectivity index (χ0n) is 21.7. The predicted octanol–water partition coefficient (Wildman–Crippen LogP) is 5.22. The molecule has 0 spiro atoms. The van der Waals surface area contributed by atoms with Gasteiger partial charge >= 0.3 is 0 Å². The standard InChI is InChI=1S/C29H28ClN3O5S/c1-19-15-22(16-26-28(35)32(29(36)39-26)17-27(34)31-11-13-37-14-12-31)20(2)33(19)23-7-9-24(10-8-23)38-18-21-5-3-4-6-25(21)30/h3-10,15-16H,11-14,17-18H2,1-2H3/b26-16+. The third kappa shape index (κ3) is 5.90. The van der Waals surface area contributed by atoms with E-state index in [1.54, 1.807) is 11.0 Å². The molecule has 0 saturated carbocycles. The Kier molecular flexibility index (Phi) is 8.11. The summed E-state index contributed by atoms with van der Waals surface area (Å²) < 4.78 is 13.3. The molecule has 2 aliphatic heterocycles. The number of nitrogens with zero attached hydrogens (tertiary/aromatic N) is 3. The van der Waals surface area contributed by atoms with Crippen LogP contribution in [0.1, 0.15) is 22.5 Å². The van der Waals surface area contributed by atoms with E-state index in [-0.39, 0.29) is 12.5 Å². The summed E-state index contributed by atoms with van der Waals surface area (Å²) in [7, 11) is 0. The number of hydrogen-bond acceptors (Lipinski definition) is 6. The second-order valence-electron chi connectivity index (χ2n) is 9.30. The van der Waals surface area contributed by atoms with E-state index in [0.717, 1.165) is 50.6 Å². The van der Waals surface area contributed by atoms with E-state index in [2.05, 4.69) is 4.57 Å². The maximum Gasteiger partial charge on any atom is 0.294 e. The summed E-state index contributed by atoms with van der Waals surface area (Å²) in [4.78, 5) is 41.2. The van der Waals surface area contributed by atoms with Crippen LogP contribution < -0.4 is 4.74 Å². The Balaban J connectivity index is 1.29. The Morgan fingerprint density at radius 3 is 2.51 bits per heavy atom. The van der Waals surface area contributed by atoms with Gasteiger partial charge in [-0.1, -0.05) is 29.8 Å². The highest BCUT2D eigenvalue weighted by Crippen LogP contribution is 2.34. The number of carbonyl (C=O) groups is 3. The third-order valence-corrected chi connectivity index (χ3v) is 8.01. The van der Waals surface area contributed by atoms with Crippen molar-refractivity contribution in [2.24, 2.45) is 0 Å². The molecule has 10 heteroatoms. The van der Waals surface area contributed by atoms with Crippen LogP contribution in [0.4, 0.5) is 4.79 Å². The molecule has 3 heterocycles. The van der Waals surface area contributed by atoms with Gasteiger partial charge in [0.05, 0.1) is 18.1 Å². The van der Waals surface area contributed by atoms with Gasteiger partial charge in [-0.3, -0.25) is 19.3 Å². The first kappa shape index (κ1) is 27.1. The molecule has 5 rings (SSSR count). The monoisotopic (exact) mass is 565 g/mol. The normalized spacial score (nSPS) is 16.8. The van der Waals surface area contributed by atoms with E-state index in [9.17, 15) is 14.4 Å². The summed E-state index contributed by atoms with van der Waals surface area (Å²) in [6, 6.07) is 17.3. The number of hydrogen-bond donors (Lipinski definition) is 0. The van der Waals surface area contributed by atoms with Crippen LogP contribution >= 0.6 is 23.4 Å². The number of ether oxygens (including phenoxy) is 2. The van der Waals surface area contributed by atoms with Gasteiger partial charge in [0.15, 0.2) is 0 Å². The van der Waals surface area contributed by atoms with E-state index in [4.69, 9.17) is 21.1 Å². The maximum atomic E-state index is 13.0. The minimum Gasteiger partial charge on any atom is -0.489 e. The number of aryl methyl sites for hydroxylation is 1. The lowest BCUT2D eigenvalue weighted by Gasteiger charge is -2.28. The minimum atomic E-state index is -0.448. The molecule has 2 saturated heterocycles. The number of carbonyl (C=O) groups excluding carboxylic acids is 3. The maximum absolute atomic E-state index is 13.0. The number of imide groups is 1. The minimum absolute atomic E-state index is 0.251. The van der Waals surface area contributed by atoms with Crippen molar-refractivity contribution >= 4 is 46.5 Å². The Labute approximate surface area is 236 Å². The lowest BCUT2D eigenvalue weighted by atomic mass is 10.2. The van der Waals surface area contributed by atoms with Gasteiger partial charge in [0.25, 0.3) is 11.1 Å². The fraction of sp³-hybridized carbons (Fsp3) is 0.276. The largest absolute Gasteiger partial charge is 0.489 e. The number of benzene rings is 2. The molecule has 0 bridgehead atoms. The van der Waals surface area contributed by atoms with Crippen molar-refractivity contribution in [1.29, 1.82) is 0 Å². The molecule has 1 aromatic heterocycles. The van der Waals surface area contributed by atoms with Gasteiger partial charge in [0.1, 0.15) is 18.9 Å². The lowest BCUT2D eigenvalue weighted by Crippen LogP contribution is -2.46. The quantitative estimate of drug-likeness (QED) is 0.365. The molecule has 2 fully saturated rings. The fourth-order valence-electron chi connectivity index (χ4n) is 4.62. The average Bonchev–Trinajstić information content (AvgIpc) is 3.37. The summed E-state index contributed by atoms with van der Waals surface area (Å²) in [5.41, 5.74) is 4.59. The van der Waals surface area contributed by atoms with Crippen LogP contribution in [-0.2, 0) is 20.9 Å². The van der Waals surface area contributed by atoms with E-state index >= 15 is 0 Å². The molecular weight excluding hydrogens is 538 g/mol. The van der Waals surface area contributed by atoms with Crippen LogP contribution in [0.25, 0.3) is 11.8 Å². The van der Waals surface area contributed by atoms with E-state index < -0.39 is 11.1 Å². The highest BCUT2D eigenvalue weighted by molar-refractivity contribution is 8.18. The Bertz CT molecular complexity index is 1440. The van der Waals surface area contributed by atoms with Gasteiger partial charge in [0, 0.05) is 40.8 Å². The summed E-state index contributed by atoms with van der Waals surface area (Å²) >= 11 is 7.08. The van der Waals surface area contributed by atoms with Gasteiger partial charge < -0.3 is 18.9 Å². The first-order chi connectivity index (χ1) is 18.8. The first-order valence-electron chi connectivity index (χ1n) is 12.6. The zero-order valence-corrected chi connectivity index (χ0v) is 23.3. The molecule has 2 aromatic carbocycles. The number of halogens is 1. The molecule has 0 aliphatic carbocycles. The molecule has 0 radical (unpaired) electrons. The topological polar surface area (TPSA) is 81.1 Å². The van der Waals surface area contributed by atoms with Crippen LogP contribution in [0, 0.1) is 13.8 Å². The van der Waals surface area contributed by atoms with E-state index in [1.165, 1.54) is 0 Å². The van der Waals surface area contributed by atoms with Crippen LogP contribution in [-0.4, -0.2) is 64.3 Å². The second kappa shape index (κ2) is 11.7. The van der Waals surface area contributed by atoms with Crippen molar-refractivity contribution in [3.8, 4) is 11.4 Å². The van der Waals surface area contributed by atoms with Gasteiger partial charge in [-0.2, -0.15) is 0 Å². The van der Waals surface area contributed by atoms with Crippen molar-refractivity contribution in [1.82, 2.24) is 14.4 Å². The Morgan fingerprint density at radius 2 is 1.79 bits per heavy atom. The first-order valence-corrected chi connectivity index (χ1v) is 13.8. The van der Waals surface area contributed by atoms with Crippen molar-refractivity contribution in [2.75, 3.05) is 32.8 Å². The fourth-order valence-corrected chi connectivity index (χ4v) is 5.64. The van der Waals surface area contributed by atoms with E-state index in [0.29, 0.717) is 42.8 Å². The predicted molar refractivity (Wildman–Crippen MR) is 151 cm³/mol. The smallest absolute Gasteiger partial charge is 0.294 e. The van der Waals surface area contributed by atoms with Crippen molar-refractivity contribution in [2.45, 2.75) is 20.5 Å². The molecule has 202 valence electrons. The molecule has 39 heavy (non-hydrogen) atoms. The van der Waals surface area contributed by atoms with Gasteiger partial charge in [-0.15, -0.1) is 0 Å². The molecule has 3 aromatic rings. The second-order valence-corrected chi connectivity index (χ2v) is 10.7. The SMILES string of the molecule is Cc1cc(/C=C2/SC(=O)N(CC(=O)N3CCOCC3)C2=O)c(C)n1-c1ccc(OCc2ccccc2Cl)cc1. The Morgan fingerprint density at radius 1 is 1.08 bits per heavy atom. The van der Waals surface area contributed by atoms with Gasteiger partial charge in [-0.05, 0) is 73.6 Å². The summed E-state index contributed by atoms with van der Waals surface area (Å²) in [6.45, 7) is 5.91. The van der Waals surface area contributed by atoms with Crippen molar-refractivity contribution in [3.63, 3.8) is 0 Å². The van der Waals surface area contributed by atoms with Crippen molar-refractivity contribution in [3.05, 3.63) is 87.0 Å². The number of rotatable bonds is 7. The molecule has 8 nitrogen and oxygen atoms in total. The number of amides is 3. The summed E-state index contributed by atoms with van der Waals surface area (Å²) in [5, 5.41) is 0.232. The van der Waals surface area contributed by atoms with Crippen LogP contribution in [0.5, 0.6) is 5.75 Å². The highest BCUT2D eigenvalue weighted by atomic mass is 35.5. The molecule has 0 atom stereocenters. The van der Waals surface area contributed by atoms with E-state index in [1.807, 2.05) is 68.4 Å². The van der Waals surface area contributed by atoms with Crippen molar-refractivity contribution < 1.29 is 23.9 Å². The molecule has 2 aliphatic rings. The third-order valence-electron chi connectivity index (χ3n) is 6.73. The highest BCUT2D eigenvalue weighted by Gasteiger charge is 2.37. The lowest BCUT2D eigenvalue weighted by molar-refractivity contribution is -0.139. The van der Waals surface area contributed by atoms with Crippen LogP contribution in [0.15, 0.2) is 59.5 Å². The number of morpholine rings is 1. The molecule has 3 amide bonds. The average molecular weight is 566 g/mol. The van der Waals surface area contributed by atoms with Gasteiger partial charge in [-0.25, -0.2) is 0 Å².